The molecule has 1 aliphatic rings. The fraction of sp³-hybridized carbons (Fsp3) is 0.375. The van der Waals surface area contributed by atoms with Crippen LogP contribution in [-0.4, -0.2) is 41.2 Å². The van der Waals surface area contributed by atoms with E-state index in [1.807, 2.05) is 0 Å². The lowest BCUT2D eigenvalue weighted by Crippen LogP contribution is -2.41. The summed E-state index contributed by atoms with van der Waals surface area (Å²) in [6.45, 7) is 6.61. The van der Waals surface area contributed by atoms with Gasteiger partial charge in [0.05, 0.1) is 16.7 Å². The van der Waals surface area contributed by atoms with Crippen LogP contribution in [0.25, 0.3) is 0 Å². The van der Waals surface area contributed by atoms with Gasteiger partial charge in [-0.25, -0.2) is 4.99 Å². The number of benzene rings is 2. The van der Waals surface area contributed by atoms with Crippen molar-refractivity contribution in [1.82, 2.24) is 4.90 Å². The van der Waals surface area contributed by atoms with E-state index < -0.39 is 29.0 Å². The summed E-state index contributed by atoms with van der Waals surface area (Å²) in [7, 11) is 0. The first-order chi connectivity index (χ1) is 15.3. The van der Waals surface area contributed by atoms with Crippen molar-refractivity contribution in [3.05, 3.63) is 71.3 Å². The number of hydrogen-bond acceptors (Lipinski definition) is 4. The zero-order valence-electron chi connectivity index (χ0n) is 17.9. The van der Waals surface area contributed by atoms with Crippen molar-refractivity contribution in [2.45, 2.75) is 25.4 Å². The lowest BCUT2D eigenvalue weighted by atomic mass is 9.67. The van der Waals surface area contributed by atoms with Crippen molar-refractivity contribution >= 4 is 22.7 Å². The van der Waals surface area contributed by atoms with Crippen LogP contribution in [0.2, 0.25) is 0 Å². The van der Waals surface area contributed by atoms with Gasteiger partial charge in [-0.3, -0.25) is 4.79 Å². The Hall–Kier alpha value is -2.63. The molecule has 0 saturated heterocycles. The summed E-state index contributed by atoms with van der Waals surface area (Å²) in [5.74, 6) is -0.998. The maximum atomic E-state index is 13.5. The molecule has 0 aromatic heterocycles. The maximum absolute atomic E-state index is 13.5. The molecule has 2 atom stereocenters. The molecule has 2 aromatic rings. The molecule has 0 radical (unpaired) electrons. The standard InChI is InChI=1S/C24H24F3N3OS/c1-3-30(4-2)13-14-32-21-20(16-28)23(22(31)29-21,17-9-6-5-7-10-17)18-11-8-12-19(15-18)24(25,26)27/h5-12,15,20H,3-4,13-14H2,1-2H3. The number of rotatable bonds is 7. The second-order valence-corrected chi connectivity index (χ2v) is 8.56. The van der Waals surface area contributed by atoms with Crippen LogP contribution in [0.3, 0.4) is 0 Å². The van der Waals surface area contributed by atoms with Gasteiger partial charge in [0.2, 0.25) is 0 Å². The lowest BCUT2D eigenvalue weighted by Gasteiger charge is -2.31. The number of thioether (sulfide) groups is 1. The van der Waals surface area contributed by atoms with E-state index in [0.717, 1.165) is 31.8 Å². The van der Waals surface area contributed by atoms with Crippen molar-refractivity contribution in [3.8, 4) is 6.07 Å². The van der Waals surface area contributed by atoms with E-state index >= 15 is 0 Å². The quantitative estimate of drug-likeness (QED) is 0.575. The number of alkyl halides is 3. The number of hydrogen-bond donors (Lipinski definition) is 0. The second kappa shape index (κ2) is 9.88. The molecule has 168 valence electrons. The van der Waals surface area contributed by atoms with Gasteiger partial charge in [0, 0.05) is 12.3 Å². The summed E-state index contributed by atoms with van der Waals surface area (Å²) < 4.78 is 40.4. The first-order valence-electron chi connectivity index (χ1n) is 10.4. The molecular weight excluding hydrogens is 435 g/mol. The predicted octanol–water partition coefficient (Wildman–Crippen LogP) is 5.14. The second-order valence-electron chi connectivity index (χ2n) is 7.45. The molecule has 0 N–H and O–H groups in total. The van der Waals surface area contributed by atoms with Crippen LogP contribution in [0.4, 0.5) is 13.2 Å². The summed E-state index contributed by atoms with van der Waals surface area (Å²) >= 11 is 1.32. The first kappa shape index (κ1) is 24.0. The number of carbonyl (C=O) groups excluding carboxylic acids is 1. The van der Waals surface area contributed by atoms with Gasteiger partial charge in [-0.2, -0.15) is 18.4 Å². The smallest absolute Gasteiger partial charge is 0.303 e. The number of halogens is 3. The fourth-order valence-corrected chi connectivity index (χ4v) is 5.14. The van der Waals surface area contributed by atoms with Gasteiger partial charge in [0.1, 0.15) is 11.3 Å². The zero-order chi connectivity index (χ0) is 23.4. The fourth-order valence-electron chi connectivity index (χ4n) is 4.04. The highest BCUT2D eigenvalue weighted by Crippen LogP contribution is 2.47. The van der Waals surface area contributed by atoms with Crippen molar-refractivity contribution in [2.75, 3.05) is 25.4 Å². The Bertz CT molecular complexity index is 1030. The minimum absolute atomic E-state index is 0.123. The maximum Gasteiger partial charge on any atom is 0.416 e. The van der Waals surface area contributed by atoms with Crippen molar-refractivity contribution < 1.29 is 18.0 Å². The summed E-state index contributed by atoms with van der Waals surface area (Å²) in [6.07, 6.45) is -4.57. The monoisotopic (exact) mass is 459 g/mol. The molecule has 1 amide bonds. The minimum atomic E-state index is -4.57. The molecule has 1 aliphatic heterocycles. The molecule has 2 aromatic carbocycles. The third kappa shape index (κ3) is 4.45. The van der Waals surface area contributed by atoms with E-state index in [0.29, 0.717) is 16.4 Å². The van der Waals surface area contributed by atoms with E-state index in [4.69, 9.17) is 0 Å². The molecule has 0 bridgehead atoms. The molecule has 2 unspecified atom stereocenters. The number of nitrogens with zero attached hydrogens (tertiary/aromatic N) is 3. The van der Waals surface area contributed by atoms with Crippen molar-refractivity contribution in [3.63, 3.8) is 0 Å². The summed E-state index contributed by atoms with van der Waals surface area (Å²) in [6, 6.07) is 15.4. The van der Waals surface area contributed by atoms with Gasteiger partial charge in [-0.1, -0.05) is 62.4 Å². The van der Waals surface area contributed by atoms with Crippen LogP contribution in [0, 0.1) is 17.2 Å². The van der Waals surface area contributed by atoms with E-state index in [-0.39, 0.29) is 5.56 Å². The minimum Gasteiger partial charge on any atom is -0.303 e. The van der Waals surface area contributed by atoms with Gasteiger partial charge in [-0.05, 0) is 30.3 Å². The van der Waals surface area contributed by atoms with Crippen molar-refractivity contribution in [1.29, 1.82) is 5.26 Å². The topological polar surface area (TPSA) is 56.5 Å². The molecule has 3 rings (SSSR count). The molecule has 0 spiro atoms. The largest absolute Gasteiger partial charge is 0.416 e. The third-order valence-corrected chi connectivity index (χ3v) is 6.79. The van der Waals surface area contributed by atoms with Crippen LogP contribution in [0.15, 0.2) is 59.6 Å². The Morgan fingerprint density at radius 1 is 1.09 bits per heavy atom. The van der Waals surface area contributed by atoms with Crippen LogP contribution >= 0.6 is 11.8 Å². The molecule has 32 heavy (non-hydrogen) atoms. The Balaban J connectivity index is 2.07. The summed E-state index contributed by atoms with van der Waals surface area (Å²) in [5.41, 5.74) is -1.90. The van der Waals surface area contributed by atoms with Crippen molar-refractivity contribution in [2.24, 2.45) is 10.9 Å². The van der Waals surface area contributed by atoms with Crippen LogP contribution in [0.1, 0.15) is 30.5 Å². The Kier molecular flexibility index (Phi) is 7.42. The highest BCUT2D eigenvalue weighted by molar-refractivity contribution is 8.14. The van der Waals surface area contributed by atoms with E-state index in [9.17, 15) is 23.2 Å². The van der Waals surface area contributed by atoms with Gasteiger partial charge < -0.3 is 4.90 Å². The molecule has 4 nitrogen and oxygen atoms in total. The number of aliphatic imine (C=N–C) groups is 1. The SMILES string of the molecule is CCN(CC)CCSC1=NC(=O)C(c2ccccc2)(c2cccc(C(F)(F)F)c2)C1C#N. The van der Waals surface area contributed by atoms with E-state index in [2.05, 4.69) is 29.8 Å². The predicted molar refractivity (Wildman–Crippen MR) is 120 cm³/mol. The van der Waals surface area contributed by atoms with E-state index in [1.54, 1.807) is 30.3 Å². The average Bonchev–Trinajstić information content (AvgIpc) is 3.08. The van der Waals surface area contributed by atoms with Crippen LogP contribution in [0.5, 0.6) is 0 Å². The van der Waals surface area contributed by atoms with Gasteiger partial charge in [0.25, 0.3) is 5.91 Å². The van der Waals surface area contributed by atoms with Crippen LogP contribution < -0.4 is 0 Å². The molecule has 1 heterocycles. The van der Waals surface area contributed by atoms with Gasteiger partial charge in [-0.15, -0.1) is 11.8 Å². The highest BCUT2D eigenvalue weighted by atomic mass is 32.2. The summed E-state index contributed by atoms with van der Waals surface area (Å²) in [5, 5.41) is 10.5. The number of carbonyl (C=O) groups is 1. The highest BCUT2D eigenvalue weighted by Gasteiger charge is 2.56. The Morgan fingerprint density at radius 3 is 2.34 bits per heavy atom. The molecule has 0 fully saturated rings. The third-order valence-electron chi connectivity index (χ3n) is 5.78. The normalized spacial score (nSPS) is 21.0. The average molecular weight is 460 g/mol. The Labute approximate surface area is 190 Å². The molecular formula is C24H24F3N3OS. The summed E-state index contributed by atoms with van der Waals surface area (Å²) in [4.78, 5) is 19.8. The number of amides is 1. The van der Waals surface area contributed by atoms with Gasteiger partial charge >= 0.3 is 6.18 Å². The zero-order valence-corrected chi connectivity index (χ0v) is 18.7. The Morgan fingerprint density at radius 2 is 1.75 bits per heavy atom. The van der Waals surface area contributed by atoms with Crippen LogP contribution in [-0.2, 0) is 16.4 Å². The number of nitriles is 1. The molecule has 0 saturated carbocycles. The lowest BCUT2D eigenvalue weighted by molar-refractivity contribution is -0.137. The van der Waals surface area contributed by atoms with E-state index in [1.165, 1.54) is 23.9 Å². The molecule has 0 aliphatic carbocycles. The van der Waals surface area contributed by atoms with Gasteiger partial charge in [0.15, 0.2) is 0 Å². The molecule has 8 heteroatoms. The first-order valence-corrected chi connectivity index (χ1v) is 11.4.